The van der Waals surface area contributed by atoms with Crippen LogP contribution < -0.4 is 5.32 Å². The van der Waals surface area contributed by atoms with Crippen LogP contribution in [0.3, 0.4) is 0 Å². The van der Waals surface area contributed by atoms with E-state index in [1.54, 1.807) is 12.1 Å². The van der Waals surface area contributed by atoms with Gasteiger partial charge in [0, 0.05) is 24.3 Å². The number of nitrogens with zero attached hydrogens (tertiary/aromatic N) is 1. The van der Waals surface area contributed by atoms with Gasteiger partial charge in [0.1, 0.15) is 0 Å². The quantitative estimate of drug-likeness (QED) is 0.330. The molecule has 0 aliphatic rings. The van der Waals surface area contributed by atoms with E-state index < -0.39 is 10.9 Å². The Labute approximate surface area is 104 Å². The molecule has 0 atom stereocenters. The van der Waals surface area contributed by atoms with Crippen molar-refractivity contribution in [2.75, 3.05) is 13.1 Å². The Bertz CT molecular complexity index is 454. The Kier molecular flexibility index (Phi) is 5.01. The van der Waals surface area contributed by atoms with E-state index in [2.05, 4.69) is 11.9 Å². The summed E-state index contributed by atoms with van der Waals surface area (Å²) in [6.07, 6.45) is 0.672. The van der Waals surface area contributed by atoms with Gasteiger partial charge in [-0.05, 0) is 18.5 Å². The highest BCUT2D eigenvalue weighted by Crippen LogP contribution is 2.11. The van der Waals surface area contributed by atoms with Crippen LogP contribution >= 0.6 is 0 Å². The van der Waals surface area contributed by atoms with Crippen molar-refractivity contribution in [3.05, 3.63) is 52.1 Å². The number of nitro benzene ring substituents is 1. The SMILES string of the molecule is C=C(CNCCc1ccc([N+](=O)[O-])cc1)C(=O)O. The van der Waals surface area contributed by atoms with Gasteiger partial charge in [-0.3, -0.25) is 10.1 Å². The van der Waals surface area contributed by atoms with Gasteiger partial charge in [-0.15, -0.1) is 0 Å². The molecule has 2 N–H and O–H groups in total. The zero-order valence-corrected chi connectivity index (χ0v) is 9.76. The summed E-state index contributed by atoms with van der Waals surface area (Å²) < 4.78 is 0. The molecule has 0 spiro atoms. The minimum atomic E-state index is -1.02. The lowest BCUT2D eigenvalue weighted by atomic mass is 10.1. The number of carboxylic acid groups (broad SMARTS) is 1. The number of carboxylic acids is 1. The number of non-ortho nitro benzene ring substituents is 1. The first-order valence-electron chi connectivity index (χ1n) is 5.36. The Hall–Kier alpha value is -2.21. The average molecular weight is 250 g/mol. The molecule has 0 bridgehead atoms. The van der Waals surface area contributed by atoms with Gasteiger partial charge in [0.2, 0.25) is 0 Å². The van der Waals surface area contributed by atoms with Crippen LogP contribution in [-0.2, 0) is 11.2 Å². The molecule has 0 aliphatic heterocycles. The lowest BCUT2D eigenvalue weighted by molar-refractivity contribution is -0.384. The third kappa shape index (κ3) is 4.34. The number of aliphatic carboxylic acids is 1. The molecule has 0 aromatic heterocycles. The van der Waals surface area contributed by atoms with E-state index in [1.165, 1.54) is 12.1 Å². The number of rotatable bonds is 7. The topological polar surface area (TPSA) is 92.5 Å². The second kappa shape index (κ2) is 6.51. The average Bonchev–Trinajstić information content (AvgIpc) is 2.34. The first-order valence-corrected chi connectivity index (χ1v) is 5.36. The van der Waals surface area contributed by atoms with Gasteiger partial charge in [0.25, 0.3) is 5.69 Å². The summed E-state index contributed by atoms with van der Waals surface area (Å²) in [4.78, 5) is 20.5. The summed E-state index contributed by atoms with van der Waals surface area (Å²) in [7, 11) is 0. The smallest absolute Gasteiger partial charge is 0.332 e. The number of carbonyl (C=O) groups is 1. The monoisotopic (exact) mass is 250 g/mol. The van der Waals surface area contributed by atoms with Crippen LogP contribution in [-0.4, -0.2) is 29.1 Å². The standard InChI is InChI=1S/C12H14N2O4/c1-9(12(15)16)8-13-7-6-10-2-4-11(5-3-10)14(17)18/h2-5,13H,1,6-8H2,(H,15,16). The number of nitro groups is 1. The predicted molar refractivity (Wildman–Crippen MR) is 66.4 cm³/mol. The lowest BCUT2D eigenvalue weighted by Gasteiger charge is -2.04. The van der Waals surface area contributed by atoms with E-state index in [4.69, 9.17) is 5.11 Å². The van der Waals surface area contributed by atoms with Crippen LogP contribution in [0.1, 0.15) is 5.56 Å². The van der Waals surface area contributed by atoms with Crippen LogP contribution in [0.15, 0.2) is 36.4 Å². The minimum absolute atomic E-state index is 0.0611. The lowest BCUT2D eigenvalue weighted by Crippen LogP contribution is -2.22. The third-order valence-electron chi connectivity index (χ3n) is 2.38. The van der Waals surface area contributed by atoms with Crippen LogP contribution in [0.2, 0.25) is 0 Å². The zero-order valence-electron chi connectivity index (χ0n) is 9.76. The van der Waals surface area contributed by atoms with Crippen LogP contribution in [0, 0.1) is 10.1 Å². The van der Waals surface area contributed by atoms with Crippen LogP contribution in [0.5, 0.6) is 0 Å². The highest BCUT2D eigenvalue weighted by atomic mass is 16.6. The Morgan fingerprint density at radius 2 is 2.00 bits per heavy atom. The Morgan fingerprint density at radius 1 is 1.39 bits per heavy atom. The molecule has 18 heavy (non-hydrogen) atoms. The van der Waals surface area contributed by atoms with Crippen molar-refractivity contribution in [1.29, 1.82) is 0 Å². The molecule has 0 saturated heterocycles. The second-order valence-corrected chi connectivity index (χ2v) is 3.76. The summed E-state index contributed by atoms with van der Waals surface area (Å²) >= 11 is 0. The largest absolute Gasteiger partial charge is 0.478 e. The van der Waals surface area contributed by atoms with Crippen molar-refractivity contribution in [3.8, 4) is 0 Å². The Balaban J connectivity index is 2.34. The first kappa shape index (κ1) is 13.9. The van der Waals surface area contributed by atoms with Gasteiger partial charge in [0.05, 0.1) is 4.92 Å². The van der Waals surface area contributed by atoms with E-state index in [0.29, 0.717) is 13.0 Å². The van der Waals surface area contributed by atoms with Crippen molar-refractivity contribution in [2.45, 2.75) is 6.42 Å². The summed E-state index contributed by atoms with van der Waals surface area (Å²) in [5, 5.41) is 22.0. The van der Waals surface area contributed by atoms with Gasteiger partial charge >= 0.3 is 5.97 Å². The number of hydrogen-bond acceptors (Lipinski definition) is 4. The third-order valence-corrected chi connectivity index (χ3v) is 2.38. The fraction of sp³-hybridized carbons (Fsp3) is 0.250. The first-order chi connectivity index (χ1) is 8.50. The Morgan fingerprint density at radius 3 is 2.50 bits per heavy atom. The molecule has 0 radical (unpaired) electrons. The zero-order chi connectivity index (χ0) is 13.5. The fourth-order valence-corrected chi connectivity index (χ4v) is 1.33. The molecule has 0 unspecified atom stereocenters. The molecule has 96 valence electrons. The molecule has 0 fully saturated rings. The highest BCUT2D eigenvalue weighted by molar-refractivity contribution is 5.86. The summed E-state index contributed by atoms with van der Waals surface area (Å²) in [5.41, 5.74) is 1.12. The van der Waals surface area contributed by atoms with Gasteiger partial charge in [-0.1, -0.05) is 18.7 Å². The number of hydrogen-bond donors (Lipinski definition) is 2. The van der Waals surface area contributed by atoms with Gasteiger partial charge in [-0.2, -0.15) is 0 Å². The minimum Gasteiger partial charge on any atom is -0.478 e. The van der Waals surface area contributed by atoms with Gasteiger partial charge < -0.3 is 10.4 Å². The second-order valence-electron chi connectivity index (χ2n) is 3.76. The number of benzene rings is 1. The van der Waals surface area contributed by atoms with E-state index in [1.807, 2.05) is 0 Å². The summed E-state index contributed by atoms with van der Waals surface area (Å²) in [6.45, 7) is 4.20. The van der Waals surface area contributed by atoms with Crippen molar-refractivity contribution in [1.82, 2.24) is 5.32 Å². The maximum absolute atomic E-state index is 10.5. The normalized spacial score (nSPS) is 10.0. The maximum atomic E-state index is 10.5. The van der Waals surface area contributed by atoms with Crippen molar-refractivity contribution in [3.63, 3.8) is 0 Å². The molecule has 1 rings (SSSR count). The van der Waals surface area contributed by atoms with E-state index in [0.717, 1.165) is 5.56 Å². The summed E-state index contributed by atoms with van der Waals surface area (Å²) in [6, 6.07) is 6.27. The van der Waals surface area contributed by atoms with Crippen molar-refractivity contribution in [2.24, 2.45) is 0 Å². The van der Waals surface area contributed by atoms with Crippen LogP contribution in [0.25, 0.3) is 0 Å². The molecule has 1 aromatic rings. The van der Waals surface area contributed by atoms with Crippen LogP contribution in [0.4, 0.5) is 5.69 Å². The molecule has 1 aromatic carbocycles. The molecular weight excluding hydrogens is 236 g/mol. The molecule has 0 saturated carbocycles. The molecule has 0 heterocycles. The number of nitrogens with one attached hydrogen (secondary N) is 1. The van der Waals surface area contributed by atoms with Gasteiger partial charge in [-0.25, -0.2) is 4.79 Å². The van der Waals surface area contributed by atoms with Crippen molar-refractivity contribution < 1.29 is 14.8 Å². The van der Waals surface area contributed by atoms with E-state index in [9.17, 15) is 14.9 Å². The van der Waals surface area contributed by atoms with E-state index in [-0.39, 0.29) is 17.8 Å². The molecular formula is C12H14N2O4. The van der Waals surface area contributed by atoms with E-state index >= 15 is 0 Å². The summed E-state index contributed by atoms with van der Waals surface area (Å²) in [5.74, 6) is -1.02. The molecule has 0 aliphatic carbocycles. The maximum Gasteiger partial charge on any atom is 0.332 e. The predicted octanol–water partition coefficient (Wildman–Crippen LogP) is 1.37. The molecule has 6 heteroatoms. The van der Waals surface area contributed by atoms with Gasteiger partial charge in [0.15, 0.2) is 0 Å². The molecule has 6 nitrogen and oxygen atoms in total. The van der Waals surface area contributed by atoms with Crippen molar-refractivity contribution >= 4 is 11.7 Å². The fourth-order valence-electron chi connectivity index (χ4n) is 1.33. The molecule has 0 amide bonds. The highest BCUT2D eigenvalue weighted by Gasteiger charge is 2.04.